The van der Waals surface area contributed by atoms with Gasteiger partial charge in [-0.1, -0.05) is 13.8 Å². The number of nitrogens with zero attached hydrogens (tertiary/aromatic N) is 4. The van der Waals surface area contributed by atoms with E-state index in [4.69, 9.17) is 0 Å². The summed E-state index contributed by atoms with van der Waals surface area (Å²) in [5.41, 5.74) is -0.0725. The van der Waals surface area contributed by atoms with Gasteiger partial charge in [-0.2, -0.15) is 4.98 Å². The number of rotatable bonds is 6. The minimum atomic E-state index is -0.450. The smallest absolute Gasteiger partial charge is 0.329 e. The van der Waals surface area contributed by atoms with Gasteiger partial charge in [-0.25, -0.2) is 4.98 Å². The number of hydrogen-bond acceptors (Lipinski definition) is 6. The van der Waals surface area contributed by atoms with Crippen molar-refractivity contribution in [2.45, 2.75) is 33.7 Å². The Morgan fingerprint density at radius 1 is 1.47 bits per heavy atom. The summed E-state index contributed by atoms with van der Waals surface area (Å²) in [4.78, 5) is 20.6. The third-order valence-electron chi connectivity index (χ3n) is 3.19. The first-order valence-corrected chi connectivity index (χ1v) is 6.36. The molecule has 0 aliphatic carbocycles. The van der Waals surface area contributed by atoms with Gasteiger partial charge < -0.3 is 10.2 Å². The van der Waals surface area contributed by atoms with Crippen molar-refractivity contribution in [3.05, 3.63) is 16.3 Å². The Morgan fingerprint density at radius 3 is 2.58 bits per heavy atom. The average molecular weight is 267 g/mol. The van der Waals surface area contributed by atoms with Crippen molar-refractivity contribution in [2.75, 3.05) is 23.8 Å². The summed E-state index contributed by atoms with van der Waals surface area (Å²) in [6.45, 7) is 8.74. The van der Waals surface area contributed by atoms with Crippen molar-refractivity contribution in [2.24, 2.45) is 5.92 Å². The van der Waals surface area contributed by atoms with E-state index in [1.54, 1.807) is 0 Å². The lowest BCUT2D eigenvalue weighted by molar-refractivity contribution is -0.384. The molecular formula is C12H21N5O2. The predicted octanol–water partition coefficient (Wildman–Crippen LogP) is 2.30. The summed E-state index contributed by atoms with van der Waals surface area (Å²) >= 11 is 0. The summed E-state index contributed by atoms with van der Waals surface area (Å²) in [6, 6.07) is 0.142. The van der Waals surface area contributed by atoms with Gasteiger partial charge >= 0.3 is 5.69 Å². The van der Waals surface area contributed by atoms with Crippen molar-refractivity contribution in [1.82, 2.24) is 9.97 Å². The molecule has 0 amide bonds. The second kappa shape index (κ2) is 6.31. The second-order valence-electron chi connectivity index (χ2n) is 4.79. The number of hydrogen-bond donors (Lipinski definition) is 1. The van der Waals surface area contributed by atoms with Gasteiger partial charge in [0, 0.05) is 19.6 Å². The van der Waals surface area contributed by atoms with Gasteiger partial charge in [-0.05, 0) is 19.8 Å². The monoisotopic (exact) mass is 267 g/mol. The average Bonchev–Trinajstić information content (AvgIpc) is 2.36. The molecule has 0 aliphatic heterocycles. The van der Waals surface area contributed by atoms with Crippen molar-refractivity contribution < 1.29 is 4.92 Å². The standard InChI is InChI=1S/C12H21N5O2/c1-6-13-12-14-7-10(17(18)19)11(15-12)16(5)9(4)8(2)3/h7-9H,6H2,1-5H3,(H,13,14,15). The van der Waals surface area contributed by atoms with Crippen LogP contribution in [0, 0.1) is 16.0 Å². The van der Waals surface area contributed by atoms with Gasteiger partial charge in [0.15, 0.2) is 0 Å². The van der Waals surface area contributed by atoms with Crippen molar-refractivity contribution in [3.8, 4) is 0 Å². The quantitative estimate of drug-likeness (QED) is 0.629. The lowest BCUT2D eigenvalue weighted by Crippen LogP contribution is -2.34. The predicted molar refractivity (Wildman–Crippen MR) is 75.6 cm³/mol. The molecule has 1 unspecified atom stereocenters. The molecular weight excluding hydrogens is 246 g/mol. The van der Waals surface area contributed by atoms with E-state index in [-0.39, 0.29) is 11.7 Å². The molecule has 0 aliphatic rings. The number of nitrogens with one attached hydrogen (secondary N) is 1. The fraction of sp³-hybridized carbons (Fsp3) is 0.667. The Balaban J connectivity index is 3.20. The van der Waals surface area contributed by atoms with Crippen LogP contribution in [0.15, 0.2) is 6.20 Å². The van der Waals surface area contributed by atoms with Gasteiger partial charge in [-0.3, -0.25) is 10.1 Å². The van der Waals surface area contributed by atoms with Crippen LogP contribution in [0.5, 0.6) is 0 Å². The van der Waals surface area contributed by atoms with E-state index in [2.05, 4.69) is 29.1 Å². The van der Waals surface area contributed by atoms with E-state index in [9.17, 15) is 10.1 Å². The van der Waals surface area contributed by atoms with Gasteiger partial charge in [0.1, 0.15) is 6.20 Å². The Kier molecular flexibility index (Phi) is 5.02. The van der Waals surface area contributed by atoms with Crippen molar-refractivity contribution >= 4 is 17.5 Å². The van der Waals surface area contributed by atoms with Gasteiger partial charge in [0.05, 0.1) is 4.92 Å². The Hall–Kier alpha value is -1.92. The highest BCUT2D eigenvalue weighted by Gasteiger charge is 2.24. The number of aromatic nitrogens is 2. The molecule has 0 bridgehead atoms. The fourth-order valence-corrected chi connectivity index (χ4v) is 1.64. The summed E-state index contributed by atoms with van der Waals surface area (Å²) in [5.74, 6) is 1.12. The highest BCUT2D eigenvalue weighted by atomic mass is 16.6. The van der Waals surface area contributed by atoms with Gasteiger partial charge in [0.25, 0.3) is 0 Å². The van der Waals surface area contributed by atoms with E-state index < -0.39 is 4.92 Å². The van der Waals surface area contributed by atoms with Crippen LogP contribution >= 0.6 is 0 Å². The highest BCUT2D eigenvalue weighted by molar-refractivity contribution is 5.59. The van der Waals surface area contributed by atoms with E-state index in [1.807, 2.05) is 25.8 Å². The third-order valence-corrected chi connectivity index (χ3v) is 3.19. The first-order valence-electron chi connectivity index (χ1n) is 6.36. The fourth-order valence-electron chi connectivity index (χ4n) is 1.64. The van der Waals surface area contributed by atoms with Crippen LogP contribution in [-0.4, -0.2) is 34.5 Å². The molecule has 1 rings (SSSR count). The molecule has 1 N–H and O–H groups in total. The van der Waals surface area contributed by atoms with Crippen molar-refractivity contribution in [3.63, 3.8) is 0 Å². The molecule has 0 spiro atoms. The molecule has 1 aromatic rings. The van der Waals surface area contributed by atoms with E-state index in [0.717, 1.165) is 0 Å². The van der Waals surface area contributed by atoms with E-state index in [0.29, 0.717) is 24.2 Å². The minimum Gasteiger partial charge on any atom is -0.354 e. The van der Waals surface area contributed by atoms with Crippen LogP contribution in [0.3, 0.4) is 0 Å². The van der Waals surface area contributed by atoms with Crippen LogP contribution in [-0.2, 0) is 0 Å². The first kappa shape index (κ1) is 15.1. The molecule has 106 valence electrons. The topological polar surface area (TPSA) is 84.2 Å². The highest BCUT2D eigenvalue weighted by Crippen LogP contribution is 2.28. The van der Waals surface area contributed by atoms with E-state index >= 15 is 0 Å². The lowest BCUT2D eigenvalue weighted by Gasteiger charge is -2.28. The molecule has 0 aromatic carbocycles. The van der Waals surface area contributed by atoms with Gasteiger partial charge in [0.2, 0.25) is 11.8 Å². The summed E-state index contributed by atoms with van der Waals surface area (Å²) in [5, 5.41) is 14.0. The lowest BCUT2D eigenvalue weighted by atomic mass is 10.1. The molecule has 0 saturated heterocycles. The molecule has 1 aromatic heterocycles. The van der Waals surface area contributed by atoms with Crippen LogP contribution in [0.4, 0.5) is 17.5 Å². The summed E-state index contributed by atoms with van der Waals surface area (Å²) < 4.78 is 0. The molecule has 19 heavy (non-hydrogen) atoms. The molecule has 0 fully saturated rings. The Bertz CT molecular complexity index is 450. The zero-order valence-electron chi connectivity index (χ0n) is 12.0. The van der Waals surface area contributed by atoms with Crippen molar-refractivity contribution in [1.29, 1.82) is 0 Å². The van der Waals surface area contributed by atoms with E-state index in [1.165, 1.54) is 6.20 Å². The van der Waals surface area contributed by atoms with Crippen LogP contribution in [0.25, 0.3) is 0 Å². The third kappa shape index (κ3) is 3.52. The van der Waals surface area contributed by atoms with Crippen LogP contribution in [0.1, 0.15) is 27.7 Å². The SMILES string of the molecule is CCNc1ncc([N+](=O)[O-])c(N(C)C(C)C(C)C)n1. The minimum absolute atomic E-state index is 0.0725. The Morgan fingerprint density at radius 2 is 2.11 bits per heavy atom. The molecule has 1 heterocycles. The maximum absolute atomic E-state index is 11.1. The maximum atomic E-state index is 11.1. The zero-order valence-corrected chi connectivity index (χ0v) is 12.0. The van der Waals surface area contributed by atoms with Gasteiger partial charge in [-0.15, -0.1) is 0 Å². The number of nitro groups is 1. The zero-order chi connectivity index (χ0) is 14.6. The molecule has 0 radical (unpaired) electrons. The molecule has 7 heteroatoms. The normalized spacial score (nSPS) is 12.3. The van der Waals surface area contributed by atoms with Crippen LogP contribution in [0.2, 0.25) is 0 Å². The number of anilines is 2. The van der Waals surface area contributed by atoms with Crippen LogP contribution < -0.4 is 10.2 Å². The second-order valence-corrected chi connectivity index (χ2v) is 4.79. The molecule has 7 nitrogen and oxygen atoms in total. The largest absolute Gasteiger partial charge is 0.354 e. The molecule has 0 saturated carbocycles. The Labute approximate surface area is 113 Å². The first-order chi connectivity index (χ1) is 8.88. The summed E-state index contributed by atoms with van der Waals surface area (Å²) in [7, 11) is 1.82. The molecule has 1 atom stereocenters. The summed E-state index contributed by atoms with van der Waals surface area (Å²) in [6.07, 6.45) is 1.25. The maximum Gasteiger partial charge on any atom is 0.329 e.